The van der Waals surface area contributed by atoms with Crippen LogP contribution in [0.5, 0.6) is 0 Å². The molecule has 0 aromatic carbocycles. The number of anilines is 2. The van der Waals surface area contributed by atoms with Crippen LogP contribution in [0.1, 0.15) is 25.7 Å². The van der Waals surface area contributed by atoms with Gasteiger partial charge in [0.25, 0.3) is 0 Å². The molecule has 0 bridgehead atoms. The van der Waals surface area contributed by atoms with Gasteiger partial charge in [0.1, 0.15) is 0 Å². The molecule has 90 valence electrons. The van der Waals surface area contributed by atoms with Crippen LogP contribution in [0.2, 0.25) is 0 Å². The molecular weight excluding hydrogens is 204 g/mol. The summed E-state index contributed by atoms with van der Waals surface area (Å²) in [5, 5.41) is 16.9. The van der Waals surface area contributed by atoms with Crippen molar-refractivity contribution in [2.45, 2.75) is 31.8 Å². The second kappa shape index (κ2) is 4.74. The summed E-state index contributed by atoms with van der Waals surface area (Å²) in [7, 11) is 1.86. The molecule has 0 aliphatic heterocycles. The molecule has 0 spiro atoms. The Morgan fingerprint density at radius 1 is 1.50 bits per heavy atom. The summed E-state index contributed by atoms with van der Waals surface area (Å²) in [4.78, 5) is 0. The van der Waals surface area contributed by atoms with E-state index in [9.17, 15) is 5.11 Å². The number of nitrogens with one attached hydrogen (secondary N) is 1. The minimum Gasteiger partial charge on any atom is -0.394 e. The maximum absolute atomic E-state index is 9.40. The predicted octanol–water partition coefficient (Wildman–Crippen LogP) is 0.965. The summed E-state index contributed by atoms with van der Waals surface area (Å²) >= 11 is 0. The van der Waals surface area contributed by atoms with Gasteiger partial charge in [-0.1, -0.05) is 0 Å². The number of nitrogen functional groups attached to an aromatic ring is 1. The molecule has 1 aliphatic carbocycles. The van der Waals surface area contributed by atoms with E-state index in [0.717, 1.165) is 38.0 Å². The second-order valence-corrected chi connectivity index (χ2v) is 4.66. The van der Waals surface area contributed by atoms with Crippen molar-refractivity contribution in [3.63, 3.8) is 0 Å². The summed E-state index contributed by atoms with van der Waals surface area (Å²) in [5.41, 5.74) is 6.49. The third-order valence-corrected chi connectivity index (χ3v) is 3.23. The lowest BCUT2D eigenvalue weighted by Gasteiger charge is -2.25. The van der Waals surface area contributed by atoms with E-state index in [1.807, 2.05) is 7.05 Å². The largest absolute Gasteiger partial charge is 0.394 e. The maximum Gasteiger partial charge on any atom is 0.171 e. The lowest BCUT2D eigenvalue weighted by Crippen LogP contribution is -2.23. The number of hydrogen-bond donors (Lipinski definition) is 3. The minimum absolute atomic E-state index is 0.0869. The lowest BCUT2D eigenvalue weighted by molar-refractivity contribution is 0.111. The van der Waals surface area contributed by atoms with Crippen LogP contribution in [0.4, 0.5) is 11.5 Å². The molecule has 1 saturated carbocycles. The maximum atomic E-state index is 9.40. The Balaban J connectivity index is 1.81. The molecule has 4 N–H and O–H groups in total. The van der Waals surface area contributed by atoms with Gasteiger partial charge >= 0.3 is 0 Å². The highest BCUT2D eigenvalue weighted by atomic mass is 16.3. The van der Waals surface area contributed by atoms with Crippen LogP contribution in [0.25, 0.3) is 0 Å². The molecule has 1 fully saturated rings. The van der Waals surface area contributed by atoms with Crippen molar-refractivity contribution in [3.05, 3.63) is 6.20 Å². The van der Waals surface area contributed by atoms with Gasteiger partial charge in [-0.2, -0.15) is 5.10 Å². The molecule has 1 aromatic heterocycles. The summed E-state index contributed by atoms with van der Waals surface area (Å²) in [6.45, 7) is 0.897. The van der Waals surface area contributed by atoms with Crippen LogP contribution >= 0.6 is 0 Å². The van der Waals surface area contributed by atoms with Gasteiger partial charge in [0, 0.05) is 19.8 Å². The van der Waals surface area contributed by atoms with Gasteiger partial charge < -0.3 is 16.2 Å². The van der Waals surface area contributed by atoms with E-state index in [1.54, 1.807) is 10.9 Å². The van der Waals surface area contributed by atoms with Gasteiger partial charge in [-0.05, 0) is 31.6 Å². The highest BCUT2D eigenvalue weighted by Gasteiger charge is 2.19. The molecular formula is C11H20N4O. The van der Waals surface area contributed by atoms with Crippen LogP contribution in [0, 0.1) is 5.92 Å². The highest BCUT2D eigenvalue weighted by Crippen LogP contribution is 2.25. The average molecular weight is 224 g/mol. The Morgan fingerprint density at radius 3 is 2.75 bits per heavy atom. The molecule has 0 amide bonds. The average Bonchev–Trinajstić information content (AvgIpc) is 2.57. The van der Waals surface area contributed by atoms with E-state index < -0.39 is 0 Å². The molecule has 5 nitrogen and oxygen atoms in total. The third kappa shape index (κ3) is 2.66. The standard InChI is InChI=1S/C11H20N4O/c1-15-7-10(12)11(14-15)13-6-8-2-4-9(16)5-3-8/h7-9,16H,2-6,12H2,1H3,(H,13,14). The smallest absolute Gasteiger partial charge is 0.171 e. The molecule has 1 aliphatic rings. The number of aliphatic hydroxyl groups is 1. The molecule has 1 heterocycles. The van der Waals surface area contributed by atoms with E-state index in [-0.39, 0.29) is 6.10 Å². The molecule has 5 heteroatoms. The van der Waals surface area contributed by atoms with Crippen LogP contribution in [0.3, 0.4) is 0 Å². The summed E-state index contributed by atoms with van der Waals surface area (Å²) in [6.07, 6.45) is 5.72. The number of rotatable bonds is 3. The Bertz CT molecular complexity index is 342. The van der Waals surface area contributed by atoms with Gasteiger partial charge in [0.05, 0.1) is 11.8 Å². The lowest BCUT2D eigenvalue weighted by atomic mass is 9.87. The zero-order valence-electron chi connectivity index (χ0n) is 9.69. The van der Waals surface area contributed by atoms with E-state index in [4.69, 9.17) is 5.73 Å². The Hall–Kier alpha value is -1.23. The SMILES string of the molecule is Cn1cc(N)c(NCC2CCC(O)CC2)n1. The van der Waals surface area contributed by atoms with E-state index >= 15 is 0 Å². The first-order chi connectivity index (χ1) is 7.65. The van der Waals surface area contributed by atoms with Crippen LogP contribution < -0.4 is 11.1 Å². The summed E-state index contributed by atoms with van der Waals surface area (Å²) in [6, 6.07) is 0. The Labute approximate surface area is 95.6 Å². The van der Waals surface area contributed by atoms with E-state index in [0.29, 0.717) is 11.6 Å². The highest BCUT2D eigenvalue weighted by molar-refractivity contribution is 5.59. The van der Waals surface area contributed by atoms with E-state index in [2.05, 4.69) is 10.4 Å². The van der Waals surface area contributed by atoms with Crippen LogP contribution in [0.15, 0.2) is 6.20 Å². The predicted molar refractivity (Wildman–Crippen MR) is 64.1 cm³/mol. The zero-order chi connectivity index (χ0) is 11.5. The van der Waals surface area contributed by atoms with Gasteiger partial charge in [-0.25, -0.2) is 0 Å². The molecule has 0 saturated heterocycles. The minimum atomic E-state index is -0.0869. The first-order valence-electron chi connectivity index (χ1n) is 5.86. The van der Waals surface area contributed by atoms with E-state index in [1.165, 1.54) is 0 Å². The molecule has 0 unspecified atom stereocenters. The van der Waals surface area contributed by atoms with Crippen molar-refractivity contribution in [1.29, 1.82) is 0 Å². The molecule has 16 heavy (non-hydrogen) atoms. The van der Waals surface area contributed by atoms with Gasteiger partial charge in [-0.3, -0.25) is 4.68 Å². The number of hydrogen-bond acceptors (Lipinski definition) is 4. The van der Waals surface area contributed by atoms with Crippen molar-refractivity contribution in [1.82, 2.24) is 9.78 Å². The fourth-order valence-electron chi connectivity index (χ4n) is 2.23. The number of nitrogens with two attached hydrogens (primary N) is 1. The van der Waals surface area contributed by atoms with Crippen LogP contribution in [-0.2, 0) is 7.05 Å². The Morgan fingerprint density at radius 2 is 2.19 bits per heavy atom. The van der Waals surface area contributed by atoms with Crippen molar-refractivity contribution in [2.75, 3.05) is 17.6 Å². The zero-order valence-corrected chi connectivity index (χ0v) is 9.69. The molecule has 0 radical (unpaired) electrons. The van der Waals surface area contributed by atoms with Crippen molar-refractivity contribution >= 4 is 11.5 Å². The molecule has 1 aromatic rings. The Kier molecular flexibility index (Phi) is 3.33. The second-order valence-electron chi connectivity index (χ2n) is 4.66. The number of aryl methyl sites for hydroxylation is 1. The summed E-state index contributed by atoms with van der Waals surface area (Å²) in [5.74, 6) is 1.40. The van der Waals surface area contributed by atoms with Crippen molar-refractivity contribution in [3.8, 4) is 0 Å². The third-order valence-electron chi connectivity index (χ3n) is 3.23. The van der Waals surface area contributed by atoms with Crippen LogP contribution in [-0.4, -0.2) is 27.5 Å². The summed E-state index contributed by atoms with van der Waals surface area (Å²) < 4.78 is 1.71. The fourth-order valence-corrected chi connectivity index (χ4v) is 2.23. The van der Waals surface area contributed by atoms with Gasteiger partial charge in [0.2, 0.25) is 0 Å². The topological polar surface area (TPSA) is 76.1 Å². The van der Waals surface area contributed by atoms with Crippen molar-refractivity contribution < 1.29 is 5.11 Å². The quantitative estimate of drug-likeness (QED) is 0.715. The number of aliphatic hydroxyl groups excluding tert-OH is 1. The van der Waals surface area contributed by atoms with Crippen molar-refractivity contribution in [2.24, 2.45) is 13.0 Å². The molecule has 2 rings (SSSR count). The number of aromatic nitrogens is 2. The fraction of sp³-hybridized carbons (Fsp3) is 0.727. The number of nitrogens with zero attached hydrogens (tertiary/aromatic N) is 2. The first kappa shape index (κ1) is 11.3. The monoisotopic (exact) mass is 224 g/mol. The molecule has 0 atom stereocenters. The normalized spacial score (nSPS) is 25.6. The first-order valence-corrected chi connectivity index (χ1v) is 5.86. The van der Waals surface area contributed by atoms with Gasteiger partial charge in [-0.15, -0.1) is 0 Å². The van der Waals surface area contributed by atoms with Gasteiger partial charge in [0.15, 0.2) is 5.82 Å².